The van der Waals surface area contributed by atoms with Crippen molar-refractivity contribution in [3.8, 4) is 5.75 Å². The molecule has 0 radical (unpaired) electrons. The molecule has 0 saturated heterocycles. The van der Waals surface area contributed by atoms with Crippen LogP contribution < -0.4 is 4.74 Å². The molecular weight excluding hydrogens is 616 g/mol. The topological polar surface area (TPSA) is 110 Å². The minimum absolute atomic E-state index is 0.0182. The molecule has 9 nitrogen and oxygen atoms in total. The molecule has 40 heavy (non-hydrogen) atoms. The Labute approximate surface area is 247 Å². The molecule has 1 aliphatic rings. The monoisotopic (exact) mass is 648 g/mol. The standard InChI is InChI=1S/C28H33BrN4O5S2/c1-19-26(23(34)18-40(36,37)32(2)3)31-25(39-19)17-33(14-6-8-20-7-5-9-21(29)15-20)27(35)28(12-13-28)24-11-10-22(38-4)16-30-24/h5,7,9-11,15-16H,6,8,12-14,17-18H2,1-4H3. The van der Waals surface area contributed by atoms with Crippen LogP contribution in [0.25, 0.3) is 0 Å². The lowest BCUT2D eigenvalue weighted by molar-refractivity contribution is -0.134. The lowest BCUT2D eigenvalue weighted by Crippen LogP contribution is -2.40. The molecule has 214 valence electrons. The molecule has 0 aliphatic heterocycles. The maximum atomic E-state index is 14.0. The molecule has 0 atom stereocenters. The molecule has 1 saturated carbocycles. The summed E-state index contributed by atoms with van der Waals surface area (Å²) >= 11 is 4.83. The number of pyridine rings is 1. The van der Waals surface area contributed by atoms with Crippen LogP contribution in [0.4, 0.5) is 0 Å². The zero-order valence-electron chi connectivity index (χ0n) is 23.0. The van der Waals surface area contributed by atoms with Gasteiger partial charge >= 0.3 is 0 Å². The Morgan fingerprint density at radius 1 is 1.18 bits per heavy atom. The fourth-order valence-electron chi connectivity index (χ4n) is 4.51. The van der Waals surface area contributed by atoms with Crippen molar-refractivity contribution in [1.29, 1.82) is 0 Å². The van der Waals surface area contributed by atoms with Gasteiger partial charge in [-0.25, -0.2) is 17.7 Å². The van der Waals surface area contributed by atoms with Crippen LogP contribution in [0.5, 0.6) is 5.75 Å². The number of methoxy groups -OCH3 is 1. The minimum Gasteiger partial charge on any atom is -0.495 e. The molecule has 0 bridgehead atoms. The molecule has 4 rings (SSSR count). The molecule has 2 heterocycles. The van der Waals surface area contributed by atoms with Gasteiger partial charge in [-0.05, 0) is 62.4 Å². The number of nitrogens with zero attached hydrogens (tertiary/aromatic N) is 4. The lowest BCUT2D eigenvalue weighted by Gasteiger charge is -2.27. The smallest absolute Gasteiger partial charge is 0.235 e. The van der Waals surface area contributed by atoms with Crippen LogP contribution in [-0.2, 0) is 33.2 Å². The number of benzene rings is 1. The number of aryl methyl sites for hydroxylation is 2. The van der Waals surface area contributed by atoms with Crippen LogP contribution in [0.1, 0.15) is 50.9 Å². The third-order valence-corrected chi connectivity index (χ3v) is 10.2. The van der Waals surface area contributed by atoms with Crippen LogP contribution in [0, 0.1) is 6.92 Å². The van der Waals surface area contributed by atoms with Crippen LogP contribution in [0.2, 0.25) is 0 Å². The number of ether oxygens (including phenoxy) is 1. The van der Waals surface area contributed by atoms with Gasteiger partial charge in [-0.2, -0.15) is 0 Å². The Morgan fingerprint density at radius 2 is 1.93 bits per heavy atom. The van der Waals surface area contributed by atoms with E-state index in [0.717, 1.165) is 27.3 Å². The van der Waals surface area contributed by atoms with E-state index in [1.165, 1.54) is 31.0 Å². The second-order valence-electron chi connectivity index (χ2n) is 10.1. The van der Waals surface area contributed by atoms with Gasteiger partial charge in [0.15, 0.2) is 5.78 Å². The fraction of sp³-hybridized carbons (Fsp3) is 0.429. The number of ketones is 1. The Kier molecular flexibility index (Phi) is 9.44. The molecule has 2 aromatic heterocycles. The zero-order valence-corrected chi connectivity index (χ0v) is 26.2. The second-order valence-corrected chi connectivity index (χ2v) is 14.5. The first-order valence-electron chi connectivity index (χ1n) is 12.9. The minimum atomic E-state index is -3.71. The summed E-state index contributed by atoms with van der Waals surface area (Å²) in [6, 6.07) is 11.8. The van der Waals surface area contributed by atoms with Crippen LogP contribution in [-0.4, -0.2) is 72.8 Å². The van der Waals surface area contributed by atoms with Gasteiger partial charge in [-0.3, -0.25) is 14.6 Å². The highest BCUT2D eigenvalue weighted by atomic mass is 79.9. The van der Waals surface area contributed by atoms with E-state index < -0.39 is 27.0 Å². The molecule has 0 spiro atoms. The number of halogens is 1. The van der Waals surface area contributed by atoms with Crippen molar-refractivity contribution in [1.82, 2.24) is 19.2 Å². The molecule has 1 fully saturated rings. The summed E-state index contributed by atoms with van der Waals surface area (Å²) in [6.45, 7) is 2.48. The predicted octanol–water partition coefficient (Wildman–Crippen LogP) is 4.38. The van der Waals surface area contributed by atoms with E-state index in [1.807, 2.05) is 24.3 Å². The van der Waals surface area contributed by atoms with Crippen molar-refractivity contribution in [3.05, 3.63) is 73.9 Å². The van der Waals surface area contributed by atoms with Gasteiger partial charge in [0.05, 0.1) is 31.0 Å². The van der Waals surface area contributed by atoms with Gasteiger partial charge < -0.3 is 9.64 Å². The summed E-state index contributed by atoms with van der Waals surface area (Å²) in [4.78, 5) is 38.3. The number of rotatable bonds is 13. The van der Waals surface area contributed by atoms with Gasteiger partial charge in [0.1, 0.15) is 22.2 Å². The Morgan fingerprint density at radius 3 is 2.52 bits per heavy atom. The zero-order chi connectivity index (χ0) is 29.1. The quantitative estimate of drug-likeness (QED) is 0.253. The lowest BCUT2D eigenvalue weighted by atomic mass is 9.99. The first kappa shape index (κ1) is 30.3. The third-order valence-electron chi connectivity index (χ3n) is 6.99. The normalized spacial score (nSPS) is 14.2. The number of carbonyl (C=O) groups excluding carboxylic acids is 2. The van der Waals surface area contributed by atoms with E-state index in [-0.39, 0.29) is 18.1 Å². The summed E-state index contributed by atoms with van der Waals surface area (Å²) in [7, 11) is 0.651. The van der Waals surface area contributed by atoms with Gasteiger partial charge in [-0.1, -0.05) is 28.1 Å². The summed E-state index contributed by atoms with van der Waals surface area (Å²) in [5, 5.41) is 0.595. The first-order valence-corrected chi connectivity index (χ1v) is 16.1. The summed E-state index contributed by atoms with van der Waals surface area (Å²) in [5.74, 6) is -0.590. The summed E-state index contributed by atoms with van der Waals surface area (Å²) < 4.78 is 31.8. The van der Waals surface area contributed by atoms with Crippen LogP contribution in [0.15, 0.2) is 47.1 Å². The van der Waals surface area contributed by atoms with Gasteiger partial charge in [0.2, 0.25) is 15.9 Å². The molecule has 1 aromatic carbocycles. The van der Waals surface area contributed by atoms with Crippen molar-refractivity contribution < 1.29 is 22.7 Å². The van der Waals surface area contributed by atoms with Crippen molar-refractivity contribution in [2.75, 3.05) is 33.5 Å². The van der Waals surface area contributed by atoms with E-state index in [0.29, 0.717) is 35.0 Å². The molecule has 1 aliphatic carbocycles. The highest BCUT2D eigenvalue weighted by Gasteiger charge is 2.54. The second kappa shape index (κ2) is 12.5. The molecular formula is C28H33BrN4O5S2. The third kappa shape index (κ3) is 6.96. The molecule has 0 unspecified atom stereocenters. The summed E-state index contributed by atoms with van der Waals surface area (Å²) in [5.41, 5.74) is 1.34. The number of aromatic nitrogens is 2. The highest BCUT2D eigenvalue weighted by Crippen LogP contribution is 2.49. The Bertz CT molecular complexity index is 1480. The number of carbonyl (C=O) groups is 2. The maximum Gasteiger partial charge on any atom is 0.235 e. The van der Waals surface area contributed by atoms with E-state index >= 15 is 0 Å². The maximum absolute atomic E-state index is 14.0. The Balaban J connectivity index is 1.56. The van der Waals surface area contributed by atoms with Crippen molar-refractivity contribution in [2.45, 2.75) is 44.6 Å². The predicted molar refractivity (Wildman–Crippen MR) is 158 cm³/mol. The number of amides is 1. The van der Waals surface area contributed by atoms with Gasteiger partial charge in [0, 0.05) is 30.0 Å². The van der Waals surface area contributed by atoms with Crippen LogP contribution in [0.3, 0.4) is 0 Å². The van der Waals surface area contributed by atoms with Crippen molar-refractivity contribution >= 4 is 49.0 Å². The number of Topliss-reactive ketones (excluding diaryl/α,β-unsaturated/α-hetero) is 1. The number of sulfonamides is 1. The Hall–Kier alpha value is -2.67. The van der Waals surface area contributed by atoms with E-state index in [4.69, 9.17) is 4.74 Å². The molecule has 12 heteroatoms. The first-order chi connectivity index (χ1) is 18.9. The average molecular weight is 650 g/mol. The van der Waals surface area contributed by atoms with E-state index in [9.17, 15) is 18.0 Å². The van der Waals surface area contributed by atoms with Crippen molar-refractivity contribution in [3.63, 3.8) is 0 Å². The molecule has 0 N–H and O–H groups in total. The fourth-order valence-corrected chi connectivity index (χ4v) is 6.65. The SMILES string of the molecule is COc1ccc(C2(C(=O)N(CCCc3cccc(Br)c3)Cc3nc(C(=O)CS(=O)(=O)N(C)C)c(C)s3)CC2)nc1. The molecule has 3 aromatic rings. The highest BCUT2D eigenvalue weighted by molar-refractivity contribution is 9.10. The average Bonchev–Trinajstić information content (AvgIpc) is 3.64. The van der Waals surface area contributed by atoms with Crippen LogP contribution >= 0.6 is 27.3 Å². The number of thiazole rings is 1. The van der Waals surface area contributed by atoms with E-state index in [2.05, 4.69) is 38.0 Å². The number of hydrogen-bond donors (Lipinski definition) is 0. The summed E-state index contributed by atoms with van der Waals surface area (Å²) in [6.07, 6.45) is 4.57. The van der Waals surface area contributed by atoms with Crippen molar-refractivity contribution in [2.24, 2.45) is 0 Å². The van der Waals surface area contributed by atoms with E-state index in [1.54, 1.807) is 25.1 Å². The molecule has 1 amide bonds. The number of hydrogen-bond acceptors (Lipinski definition) is 8. The van der Waals surface area contributed by atoms with Gasteiger partial charge in [0.25, 0.3) is 0 Å². The van der Waals surface area contributed by atoms with Gasteiger partial charge in [-0.15, -0.1) is 11.3 Å². The largest absolute Gasteiger partial charge is 0.495 e.